The molecule has 0 saturated heterocycles. The van der Waals surface area contributed by atoms with Gasteiger partial charge in [-0.05, 0) is 30.5 Å². The molecule has 0 atom stereocenters. The second-order valence-electron chi connectivity index (χ2n) is 4.26. The molecule has 0 aliphatic rings. The number of unbranched alkanes of at least 4 members (excludes halogenated alkanes) is 3. The van der Waals surface area contributed by atoms with Gasteiger partial charge in [-0.25, -0.2) is 0 Å². The maximum absolute atomic E-state index is 8.93. The molecule has 3 heteroatoms. The molecule has 0 radical (unpaired) electrons. The van der Waals surface area contributed by atoms with Gasteiger partial charge >= 0.3 is 0 Å². The van der Waals surface area contributed by atoms with Gasteiger partial charge in [0, 0.05) is 5.02 Å². The Kier molecular flexibility index (Phi) is 7.19. The van der Waals surface area contributed by atoms with Gasteiger partial charge in [0.15, 0.2) is 0 Å². The fourth-order valence-corrected chi connectivity index (χ4v) is 1.89. The molecule has 2 nitrogen and oxygen atoms in total. The summed E-state index contributed by atoms with van der Waals surface area (Å²) in [5.41, 5.74) is 1.64. The van der Waals surface area contributed by atoms with E-state index in [0.717, 1.165) is 18.4 Å². The van der Waals surface area contributed by atoms with Crippen LogP contribution in [0.1, 0.15) is 44.6 Å². The molecule has 0 aliphatic carbocycles. The van der Waals surface area contributed by atoms with E-state index in [0.29, 0.717) is 10.7 Å². The quantitative estimate of drug-likeness (QED) is 0.314. The largest absolute Gasteiger partial charge is 0.411 e. The lowest BCUT2D eigenvalue weighted by Gasteiger charge is -2.00. The van der Waals surface area contributed by atoms with Crippen LogP contribution in [0.15, 0.2) is 35.5 Å². The van der Waals surface area contributed by atoms with E-state index in [1.807, 2.05) is 36.4 Å². The highest BCUT2D eigenvalue weighted by atomic mass is 35.5. The third kappa shape index (κ3) is 5.37. The summed E-state index contributed by atoms with van der Waals surface area (Å²) in [6.45, 7) is 2.18. The molecule has 1 N–H and O–H groups in total. The van der Waals surface area contributed by atoms with Crippen molar-refractivity contribution < 1.29 is 5.21 Å². The average molecular weight is 266 g/mol. The summed E-state index contributed by atoms with van der Waals surface area (Å²) in [6, 6.07) is 7.61. The molecule has 18 heavy (non-hydrogen) atoms. The third-order valence-electron chi connectivity index (χ3n) is 2.78. The van der Waals surface area contributed by atoms with Crippen LogP contribution in [-0.2, 0) is 0 Å². The van der Waals surface area contributed by atoms with Crippen molar-refractivity contribution in [1.29, 1.82) is 0 Å². The molecule has 0 saturated carbocycles. The molecule has 98 valence electrons. The molecule has 0 fully saturated rings. The van der Waals surface area contributed by atoms with Crippen LogP contribution in [-0.4, -0.2) is 10.9 Å². The van der Waals surface area contributed by atoms with Gasteiger partial charge in [-0.3, -0.25) is 0 Å². The van der Waals surface area contributed by atoms with Crippen LogP contribution in [0.2, 0.25) is 5.02 Å². The summed E-state index contributed by atoms with van der Waals surface area (Å²) >= 11 is 6.04. The number of hydrogen-bond donors (Lipinski definition) is 1. The minimum absolute atomic E-state index is 0.700. The van der Waals surface area contributed by atoms with Crippen molar-refractivity contribution in [1.82, 2.24) is 0 Å². The van der Waals surface area contributed by atoms with Gasteiger partial charge in [-0.15, -0.1) is 0 Å². The van der Waals surface area contributed by atoms with Crippen molar-refractivity contribution in [2.75, 3.05) is 0 Å². The predicted octanol–water partition coefficient (Wildman–Crippen LogP) is 5.15. The topological polar surface area (TPSA) is 32.6 Å². The molecule has 1 aromatic carbocycles. The monoisotopic (exact) mass is 265 g/mol. The van der Waals surface area contributed by atoms with Crippen LogP contribution in [0, 0.1) is 0 Å². The summed E-state index contributed by atoms with van der Waals surface area (Å²) in [5.74, 6) is 0. The van der Waals surface area contributed by atoms with E-state index in [1.54, 1.807) is 0 Å². The van der Waals surface area contributed by atoms with Gasteiger partial charge in [-0.1, -0.05) is 67.2 Å². The molecule has 1 rings (SSSR count). The van der Waals surface area contributed by atoms with Crippen LogP contribution in [0.3, 0.4) is 0 Å². The van der Waals surface area contributed by atoms with E-state index in [-0.39, 0.29) is 0 Å². The first kappa shape index (κ1) is 14.8. The van der Waals surface area contributed by atoms with Gasteiger partial charge in [-0.2, -0.15) is 0 Å². The van der Waals surface area contributed by atoms with Gasteiger partial charge in [0.1, 0.15) is 0 Å². The van der Waals surface area contributed by atoms with E-state index in [4.69, 9.17) is 16.8 Å². The lowest BCUT2D eigenvalue weighted by atomic mass is 10.1. The normalized spacial score (nSPS) is 12.2. The molecule has 1 aromatic rings. The molecule has 0 aliphatic heterocycles. The van der Waals surface area contributed by atoms with E-state index in [2.05, 4.69) is 12.1 Å². The van der Waals surface area contributed by atoms with Gasteiger partial charge in [0.25, 0.3) is 0 Å². The minimum Gasteiger partial charge on any atom is -0.411 e. The highest BCUT2D eigenvalue weighted by Gasteiger charge is 1.98. The van der Waals surface area contributed by atoms with Crippen molar-refractivity contribution in [3.05, 3.63) is 40.9 Å². The van der Waals surface area contributed by atoms with Crippen LogP contribution < -0.4 is 0 Å². The zero-order valence-corrected chi connectivity index (χ0v) is 11.5. The van der Waals surface area contributed by atoms with Crippen molar-refractivity contribution in [2.45, 2.75) is 39.0 Å². The van der Waals surface area contributed by atoms with Crippen molar-refractivity contribution in [3.63, 3.8) is 0 Å². The zero-order chi connectivity index (χ0) is 13.2. The zero-order valence-electron chi connectivity index (χ0n) is 10.8. The van der Waals surface area contributed by atoms with Crippen LogP contribution in [0.5, 0.6) is 0 Å². The number of benzene rings is 1. The molecule has 0 heterocycles. The van der Waals surface area contributed by atoms with Gasteiger partial charge in [0.05, 0.1) is 5.71 Å². The number of nitrogens with zero attached hydrogens (tertiary/aromatic N) is 1. The molecule has 0 amide bonds. The molecular weight excluding hydrogens is 246 g/mol. The Morgan fingerprint density at radius 1 is 1.28 bits per heavy atom. The highest BCUT2D eigenvalue weighted by molar-refractivity contribution is 6.32. The Labute approximate surface area is 114 Å². The third-order valence-corrected chi connectivity index (χ3v) is 3.12. The minimum atomic E-state index is 0.700. The number of halogens is 1. The van der Waals surface area contributed by atoms with E-state index in [9.17, 15) is 0 Å². The van der Waals surface area contributed by atoms with Gasteiger partial charge < -0.3 is 5.21 Å². The van der Waals surface area contributed by atoms with Crippen molar-refractivity contribution >= 4 is 23.4 Å². The number of allylic oxidation sites excluding steroid dienone is 1. The Balaban J connectivity index is 2.51. The second-order valence-corrected chi connectivity index (χ2v) is 4.66. The molecule has 0 bridgehead atoms. The summed E-state index contributed by atoms with van der Waals surface area (Å²) < 4.78 is 0. The average Bonchev–Trinajstić information content (AvgIpc) is 2.40. The highest BCUT2D eigenvalue weighted by Crippen LogP contribution is 2.16. The van der Waals surface area contributed by atoms with E-state index in [1.165, 1.54) is 19.3 Å². The molecular formula is C15H20ClNO. The first-order chi connectivity index (χ1) is 8.77. The summed E-state index contributed by atoms with van der Waals surface area (Å²) in [4.78, 5) is 0. The van der Waals surface area contributed by atoms with Crippen molar-refractivity contribution in [2.24, 2.45) is 5.16 Å². The maximum atomic E-state index is 8.93. The van der Waals surface area contributed by atoms with Gasteiger partial charge in [0.2, 0.25) is 0 Å². The SMILES string of the molecule is CCCCCCC(/C=C\c1ccccc1Cl)=N/O. The molecule has 0 unspecified atom stereocenters. The number of oxime groups is 1. The Hall–Kier alpha value is -1.28. The maximum Gasteiger partial charge on any atom is 0.0795 e. The summed E-state index contributed by atoms with van der Waals surface area (Å²) in [7, 11) is 0. The summed E-state index contributed by atoms with van der Waals surface area (Å²) in [5, 5.41) is 13.0. The Morgan fingerprint density at radius 3 is 2.72 bits per heavy atom. The second kappa shape index (κ2) is 8.76. The fourth-order valence-electron chi connectivity index (χ4n) is 1.70. The van der Waals surface area contributed by atoms with Crippen molar-refractivity contribution in [3.8, 4) is 0 Å². The Bertz CT molecular complexity index is 413. The lowest BCUT2D eigenvalue weighted by Crippen LogP contribution is -1.93. The van der Waals surface area contributed by atoms with E-state index < -0.39 is 0 Å². The fraction of sp³-hybridized carbons (Fsp3) is 0.400. The first-order valence-electron chi connectivity index (χ1n) is 6.41. The van der Waals surface area contributed by atoms with Crippen LogP contribution >= 0.6 is 11.6 Å². The first-order valence-corrected chi connectivity index (χ1v) is 6.79. The molecule has 0 spiro atoms. The van der Waals surface area contributed by atoms with E-state index >= 15 is 0 Å². The molecule has 0 aromatic heterocycles. The standard InChI is InChI=1S/C15H20ClNO/c1-2-3-4-5-9-14(17-18)12-11-13-8-6-7-10-15(13)16/h6-8,10-12,18H,2-5,9H2,1H3/b12-11-,17-14-. The van der Waals surface area contributed by atoms with Crippen LogP contribution in [0.4, 0.5) is 0 Å². The smallest absolute Gasteiger partial charge is 0.0795 e. The lowest BCUT2D eigenvalue weighted by molar-refractivity contribution is 0.318. The predicted molar refractivity (Wildman–Crippen MR) is 78.5 cm³/mol. The number of rotatable bonds is 7. The summed E-state index contributed by atoms with van der Waals surface area (Å²) in [6.07, 6.45) is 9.19. The van der Waals surface area contributed by atoms with Crippen LogP contribution in [0.25, 0.3) is 6.08 Å². The number of hydrogen-bond acceptors (Lipinski definition) is 2. The Morgan fingerprint density at radius 2 is 2.06 bits per heavy atom.